The van der Waals surface area contributed by atoms with Crippen molar-refractivity contribution in [1.29, 1.82) is 0 Å². The van der Waals surface area contributed by atoms with Crippen molar-refractivity contribution < 1.29 is 24.5 Å². The van der Waals surface area contributed by atoms with Crippen LogP contribution in [0.4, 0.5) is 5.69 Å². The lowest BCUT2D eigenvalue weighted by Gasteiger charge is -2.16. The molecule has 6 nitrogen and oxygen atoms in total. The molecular weight excluding hydrogens is 262 g/mol. The van der Waals surface area contributed by atoms with Crippen LogP contribution in [0.3, 0.4) is 0 Å². The Balaban J connectivity index is 2.73. The molecule has 0 heterocycles. The first-order valence-electron chi connectivity index (χ1n) is 6.60. The zero-order chi connectivity index (χ0) is 15.0. The van der Waals surface area contributed by atoms with Crippen LogP contribution in [0.2, 0.25) is 0 Å². The molecule has 0 aliphatic rings. The molecule has 1 aromatic rings. The Labute approximate surface area is 118 Å². The summed E-state index contributed by atoms with van der Waals surface area (Å²) in [5.41, 5.74) is 0.669. The first-order valence-corrected chi connectivity index (χ1v) is 6.60. The van der Waals surface area contributed by atoms with Crippen LogP contribution in [0.25, 0.3) is 0 Å². The van der Waals surface area contributed by atoms with Gasteiger partial charge in [0.05, 0.1) is 31.4 Å². The molecule has 6 heteroatoms. The highest BCUT2D eigenvalue weighted by Crippen LogP contribution is 2.29. The maximum atomic E-state index is 10.5. The Bertz CT molecular complexity index is 436. The number of anilines is 1. The van der Waals surface area contributed by atoms with Crippen LogP contribution in [0.5, 0.6) is 11.5 Å². The summed E-state index contributed by atoms with van der Waals surface area (Å²) in [5, 5.41) is 21.1. The maximum Gasteiger partial charge on any atom is 0.306 e. The molecule has 0 amide bonds. The van der Waals surface area contributed by atoms with Gasteiger partial charge in [-0.05, 0) is 26.0 Å². The molecule has 1 aromatic carbocycles. The van der Waals surface area contributed by atoms with Crippen LogP contribution < -0.4 is 14.8 Å². The fourth-order valence-electron chi connectivity index (χ4n) is 1.69. The number of hydrogen-bond acceptors (Lipinski definition) is 5. The lowest BCUT2D eigenvalue weighted by atomic mass is 10.2. The minimum absolute atomic E-state index is 0.127. The van der Waals surface area contributed by atoms with Gasteiger partial charge in [-0.15, -0.1) is 0 Å². The van der Waals surface area contributed by atoms with E-state index < -0.39 is 12.1 Å². The number of carboxylic acid groups (broad SMARTS) is 1. The minimum Gasteiger partial charge on any atom is -0.494 e. The lowest BCUT2D eigenvalue weighted by Crippen LogP contribution is -2.22. The molecule has 3 N–H and O–H groups in total. The number of nitrogens with one attached hydrogen (secondary N) is 1. The fourth-order valence-corrected chi connectivity index (χ4v) is 1.69. The number of ether oxygens (including phenoxy) is 2. The van der Waals surface area contributed by atoms with Crippen molar-refractivity contribution in [2.24, 2.45) is 0 Å². The number of aliphatic hydroxyl groups is 1. The number of aliphatic hydroxyl groups excluding tert-OH is 1. The Morgan fingerprint density at radius 3 is 2.60 bits per heavy atom. The molecule has 0 saturated heterocycles. The molecule has 0 bridgehead atoms. The van der Waals surface area contributed by atoms with Crippen molar-refractivity contribution in [3.8, 4) is 11.5 Å². The standard InChI is InChI=1S/C14H21NO5/c1-3-19-11-5-6-13(20-4-2)12(8-11)15-9-10(16)7-14(17)18/h5-6,8,10,15-16H,3-4,7,9H2,1-2H3,(H,17,18). The van der Waals surface area contributed by atoms with E-state index in [0.29, 0.717) is 30.4 Å². The second kappa shape index (κ2) is 8.27. The summed E-state index contributed by atoms with van der Waals surface area (Å²) in [5.74, 6) is 0.289. The third-order valence-corrected chi connectivity index (χ3v) is 2.50. The second-order valence-electron chi connectivity index (χ2n) is 4.16. The van der Waals surface area contributed by atoms with E-state index in [-0.39, 0.29) is 13.0 Å². The number of hydrogen-bond donors (Lipinski definition) is 3. The van der Waals surface area contributed by atoms with E-state index in [4.69, 9.17) is 14.6 Å². The maximum absolute atomic E-state index is 10.5. The quantitative estimate of drug-likeness (QED) is 0.639. The van der Waals surface area contributed by atoms with Crippen LogP contribution in [-0.2, 0) is 4.79 Å². The molecule has 0 aromatic heterocycles. The van der Waals surface area contributed by atoms with Crippen LogP contribution >= 0.6 is 0 Å². The highest BCUT2D eigenvalue weighted by atomic mass is 16.5. The van der Waals surface area contributed by atoms with Gasteiger partial charge in [-0.25, -0.2) is 0 Å². The molecule has 0 saturated carbocycles. The molecule has 0 fully saturated rings. The Hall–Kier alpha value is -1.95. The van der Waals surface area contributed by atoms with E-state index in [9.17, 15) is 9.90 Å². The lowest BCUT2D eigenvalue weighted by molar-refractivity contribution is -0.138. The van der Waals surface area contributed by atoms with E-state index >= 15 is 0 Å². The summed E-state index contributed by atoms with van der Waals surface area (Å²) in [4.78, 5) is 10.5. The molecule has 0 aliphatic heterocycles. The van der Waals surface area contributed by atoms with E-state index in [1.807, 2.05) is 13.8 Å². The molecule has 112 valence electrons. The van der Waals surface area contributed by atoms with Crippen molar-refractivity contribution in [1.82, 2.24) is 0 Å². The summed E-state index contributed by atoms with van der Waals surface area (Å²) in [7, 11) is 0. The van der Waals surface area contributed by atoms with Crippen molar-refractivity contribution in [2.75, 3.05) is 25.1 Å². The number of carboxylic acids is 1. The Kier molecular flexibility index (Phi) is 6.66. The van der Waals surface area contributed by atoms with E-state index in [2.05, 4.69) is 5.32 Å². The van der Waals surface area contributed by atoms with Gasteiger partial charge in [0.1, 0.15) is 11.5 Å². The zero-order valence-corrected chi connectivity index (χ0v) is 11.8. The van der Waals surface area contributed by atoms with Gasteiger partial charge in [0.2, 0.25) is 0 Å². The van der Waals surface area contributed by atoms with Crippen molar-refractivity contribution in [3.63, 3.8) is 0 Å². The first-order chi connectivity index (χ1) is 9.56. The monoisotopic (exact) mass is 283 g/mol. The second-order valence-corrected chi connectivity index (χ2v) is 4.16. The highest BCUT2D eigenvalue weighted by Gasteiger charge is 2.11. The average Bonchev–Trinajstić information content (AvgIpc) is 2.38. The third kappa shape index (κ3) is 5.36. The number of aliphatic carboxylic acids is 1. The van der Waals surface area contributed by atoms with Gasteiger partial charge in [0, 0.05) is 12.6 Å². The number of benzene rings is 1. The van der Waals surface area contributed by atoms with Crippen LogP contribution in [0, 0.1) is 0 Å². The largest absolute Gasteiger partial charge is 0.494 e. The SMILES string of the molecule is CCOc1ccc(OCC)c(NCC(O)CC(=O)O)c1. The van der Waals surface area contributed by atoms with Gasteiger partial charge in [-0.1, -0.05) is 0 Å². The molecule has 0 aliphatic carbocycles. The summed E-state index contributed by atoms with van der Waals surface area (Å²) in [6.07, 6.45) is -1.26. The van der Waals surface area contributed by atoms with Gasteiger partial charge >= 0.3 is 5.97 Å². The van der Waals surface area contributed by atoms with Crippen molar-refractivity contribution >= 4 is 11.7 Å². The van der Waals surface area contributed by atoms with Crippen LogP contribution in [-0.4, -0.2) is 42.0 Å². The highest BCUT2D eigenvalue weighted by molar-refractivity contribution is 5.67. The van der Waals surface area contributed by atoms with Gasteiger partial charge in [-0.3, -0.25) is 4.79 Å². The van der Waals surface area contributed by atoms with E-state index in [0.717, 1.165) is 0 Å². The topological polar surface area (TPSA) is 88.0 Å². The average molecular weight is 283 g/mol. The first kappa shape index (κ1) is 16.1. The van der Waals surface area contributed by atoms with E-state index in [1.54, 1.807) is 18.2 Å². The van der Waals surface area contributed by atoms with Gasteiger partial charge < -0.3 is 25.0 Å². The summed E-state index contributed by atoms with van der Waals surface area (Å²) in [6.45, 7) is 4.96. The predicted molar refractivity (Wildman–Crippen MR) is 75.5 cm³/mol. The minimum atomic E-state index is -1.03. The van der Waals surface area contributed by atoms with Gasteiger partial charge in [-0.2, -0.15) is 0 Å². The third-order valence-electron chi connectivity index (χ3n) is 2.50. The molecule has 20 heavy (non-hydrogen) atoms. The van der Waals surface area contributed by atoms with Crippen molar-refractivity contribution in [3.05, 3.63) is 18.2 Å². The predicted octanol–water partition coefficient (Wildman–Crippen LogP) is 1.73. The molecule has 1 unspecified atom stereocenters. The number of carbonyl (C=O) groups is 1. The van der Waals surface area contributed by atoms with Crippen molar-refractivity contribution in [2.45, 2.75) is 26.4 Å². The molecule has 0 radical (unpaired) electrons. The van der Waals surface area contributed by atoms with Crippen LogP contribution in [0.1, 0.15) is 20.3 Å². The zero-order valence-electron chi connectivity index (χ0n) is 11.8. The molecule has 0 spiro atoms. The van der Waals surface area contributed by atoms with E-state index in [1.165, 1.54) is 0 Å². The summed E-state index contributed by atoms with van der Waals surface area (Å²) in [6, 6.07) is 5.34. The summed E-state index contributed by atoms with van der Waals surface area (Å²) < 4.78 is 10.9. The molecular formula is C14H21NO5. The fraction of sp³-hybridized carbons (Fsp3) is 0.500. The van der Waals surface area contributed by atoms with Crippen LogP contribution in [0.15, 0.2) is 18.2 Å². The smallest absolute Gasteiger partial charge is 0.306 e. The molecule has 1 rings (SSSR count). The Morgan fingerprint density at radius 1 is 1.30 bits per heavy atom. The number of rotatable bonds is 9. The van der Waals surface area contributed by atoms with Gasteiger partial charge in [0.15, 0.2) is 0 Å². The molecule has 1 atom stereocenters. The van der Waals surface area contributed by atoms with Gasteiger partial charge in [0.25, 0.3) is 0 Å². The summed E-state index contributed by atoms with van der Waals surface area (Å²) >= 11 is 0. The normalized spacial score (nSPS) is 11.8. The Morgan fingerprint density at radius 2 is 2.00 bits per heavy atom.